The largest absolute Gasteiger partial charge is 0.382 e. The second kappa shape index (κ2) is 11.7. The molecule has 0 unspecified atom stereocenters. The summed E-state index contributed by atoms with van der Waals surface area (Å²) in [7, 11) is 2.24. The first-order chi connectivity index (χ1) is 19.1. The molecular weight excluding hydrogens is 490 g/mol. The Bertz CT molecular complexity index is 1260. The van der Waals surface area contributed by atoms with Crippen LogP contribution in [0.1, 0.15) is 57.2 Å². The van der Waals surface area contributed by atoms with E-state index >= 15 is 0 Å². The highest BCUT2D eigenvalue weighted by atomic mass is 16.5. The van der Waals surface area contributed by atoms with Crippen molar-refractivity contribution in [3.05, 3.63) is 24.3 Å². The summed E-state index contributed by atoms with van der Waals surface area (Å²) >= 11 is 0. The lowest BCUT2D eigenvalue weighted by molar-refractivity contribution is 0.0903. The maximum atomic E-state index is 6.29. The average molecular weight is 534 g/mol. The molecule has 0 saturated carbocycles. The first-order valence-electron chi connectivity index (χ1n) is 14.8. The Morgan fingerprint density at radius 2 is 1.74 bits per heavy atom. The molecule has 0 radical (unpaired) electrons. The molecule has 0 amide bonds. The smallest absolute Gasteiger partial charge is 0.151 e. The van der Waals surface area contributed by atoms with E-state index in [1.165, 1.54) is 32.5 Å². The van der Waals surface area contributed by atoms with Crippen LogP contribution in [0.15, 0.2) is 18.6 Å². The highest BCUT2D eigenvalue weighted by Crippen LogP contribution is 2.32. The van der Waals surface area contributed by atoms with Crippen LogP contribution >= 0.6 is 0 Å². The van der Waals surface area contributed by atoms with E-state index in [0.29, 0.717) is 23.4 Å². The molecule has 3 aromatic heterocycles. The van der Waals surface area contributed by atoms with Crippen molar-refractivity contribution in [3.8, 4) is 11.1 Å². The Morgan fingerprint density at radius 3 is 2.49 bits per heavy atom. The Hall–Kier alpha value is -2.82. The lowest BCUT2D eigenvalue weighted by atomic mass is 9.95. The van der Waals surface area contributed by atoms with Gasteiger partial charge in [0.05, 0.1) is 17.9 Å². The number of nitrogens with two attached hydrogens (primary N) is 1. The molecule has 0 atom stereocenters. The van der Waals surface area contributed by atoms with Gasteiger partial charge < -0.3 is 25.6 Å². The van der Waals surface area contributed by atoms with E-state index in [1.807, 2.05) is 12.4 Å². The minimum absolute atomic E-state index is 0.339. The number of hydrogen-bond acceptors (Lipinski definition) is 9. The van der Waals surface area contributed by atoms with Crippen molar-refractivity contribution in [2.24, 2.45) is 5.92 Å². The molecule has 0 aliphatic carbocycles. The van der Waals surface area contributed by atoms with E-state index in [4.69, 9.17) is 25.5 Å². The van der Waals surface area contributed by atoms with Gasteiger partial charge in [-0.05, 0) is 71.0 Å². The van der Waals surface area contributed by atoms with E-state index in [9.17, 15) is 0 Å². The van der Waals surface area contributed by atoms with E-state index in [-0.39, 0.29) is 0 Å². The number of anilines is 2. The van der Waals surface area contributed by atoms with Crippen molar-refractivity contribution in [3.63, 3.8) is 0 Å². The van der Waals surface area contributed by atoms with Crippen molar-refractivity contribution >= 4 is 22.7 Å². The van der Waals surface area contributed by atoms with Crippen LogP contribution < -0.4 is 11.1 Å². The number of aromatic nitrogens is 5. The Kier molecular flexibility index (Phi) is 7.95. The van der Waals surface area contributed by atoms with E-state index in [2.05, 4.69) is 45.0 Å². The number of rotatable bonds is 7. The second-order valence-corrected chi connectivity index (χ2v) is 11.6. The van der Waals surface area contributed by atoms with Crippen LogP contribution in [0.3, 0.4) is 0 Å². The number of nitrogens with zero attached hydrogens (tertiary/aromatic N) is 7. The third kappa shape index (κ3) is 5.88. The summed E-state index contributed by atoms with van der Waals surface area (Å²) in [5, 5.41) is 8.44. The molecular formula is C29H43N9O. The van der Waals surface area contributed by atoms with Gasteiger partial charge in [-0.15, -0.1) is 0 Å². The molecule has 0 aromatic carbocycles. The summed E-state index contributed by atoms with van der Waals surface area (Å²) in [5.74, 6) is 2.10. The topological polar surface area (TPSA) is 110 Å². The van der Waals surface area contributed by atoms with E-state index < -0.39 is 0 Å². The van der Waals surface area contributed by atoms with Gasteiger partial charge in [0, 0.05) is 62.4 Å². The predicted molar refractivity (Wildman–Crippen MR) is 155 cm³/mol. The SMILES string of the molecule is CCc1nc2c(N)ncc(-c3cnn(C4CCN(CC5CCN(C)CC5)CC4)c3)c2nc1NC1CCOCC1. The second-order valence-electron chi connectivity index (χ2n) is 11.6. The zero-order valence-electron chi connectivity index (χ0n) is 23.5. The Labute approximate surface area is 231 Å². The quantitative estimate of drug-likeness (QED) is 0.471. The van der Waals surface area contributed by atoms with Gasteiger partial charge in [0.15, 0.2) is 5.82 Å². The molecule has 3 aliphatic heterocycles. The van der Waals surface area contributed by atoms with Crippen LogP contribution in [0.2, 0.25) is 0 Å². The first-order valence-corrected chi connectivity index (χ1v) is 14.8. The Balaban J connectivity index is 1.18. The van der Waals surface area contributed by atoms with Gasteiger partial charge in [-0.2, -0.15) is 5.10 Å². The monoisotopic (exact) mass is 533 g/mol. The van der Waals surface area contributed by atoms with Gasteiger partial charge in [0.1, 0.15) is 16.9 Å². The number of nitrogens with one attached hydrogen (secondary N) is 1. The summed E-state index contributed by atoms with van der Waals surface area (Å²) in [6.07, 6.45) is 13.6. The van der Waals surface area contributed by atoms with E-state index in [0.717, 1.165) is 92.5 Å². The zero-order chi connectivity index (χ0) is 26.8. The number of piperidine rings is 2. The number of nitrogen functional groups attached to an aromatic ring is 1. The highest BCUT2D eigenvalue weighted by molar-refractivity contribution is 5.96. The molecule has 6 heterocycles. The highest BCUT2D eigenvalue weighted by Gasteiger charge is 2.26. The van der Waals surface area contributed by atoms with Gasteiger partial charge in [-0.25, -0.2) is 15.0 Å². The first kappa shape index (κ1) is 26.4. The average Bonchev–Trinajstić information content (AvgIpc) is 3.45. The Morgan fingerprint density at radius 1 is 0.974 bits per heavy atom. The summed E-state index contributed by atoms with van der Waals surface area (Å²) in [6, 6.07) is 0.760. The lowest BCUT2D eigenvalue weighted by Gasteiger charge is -2.36. The number of likely N-dealkylation sites (tertiary alicyclic amines) is 2. The third-order valence-corrected chi connectivity index (χ3v) is 8.89. The lowest BCUT2D eigenvalue weighted by Crippen LogP contribution is -2.41. The molecule has 3 saturated heterocycles. The minimum Gasteiger partial charge on any atom is -0.382 e. The van der Waals surface area contributed by atoms with Gasteiger partial charge in [-0.1, -0.05) is 6.92 Å². The number of ether oxygens (including phenoxy) is 1. The molecule has 10 heteroatoms. The zero-order valence-corrected chi connectivity index (χ0v) is 23.5. The minimum atomic E-state index is 0.339. The number of aryl methyl sites for hydroxylation is 1. The van der Waals surface area contributed by atoms with Crippen LogP contribution in [0.25, 0.3) is 22.2 Å². The summed E-state index contributed by atoms with van der Waals surface area (Å²) in [6.45, 7) is 9.66. The number of pyridine rings is 1. The predicted octanol–water partition coefficient (Wildman–Crippen LogP) is 3.60. The maximum absolute atomic E-state index is 6.29. The molecule has 3 aromatic rings. The summed E-state index contributed by atoms with van der Waals surface area (Å²) < 4.78 is 7.69. The van der Waals surface area contributed by atoms with E-state index in [1.54, 1.807) is 0 Å². The summed E-state index contributed by atoms with van der Waals surface area (Å²) in [4.78, 5) is 19.6. The van der Waals surface area contributed by atoms with Crippen molar-refractivity contribution in [2.45, 2.75) is 64.0 Å². The van der Waals surface area contributed by atoms with Gasteiger partial charge in [0.25, 0.3) is 0 Å². The number of fused-ring (bicyclic) bond motifs is 1. The van der Waals surface area contributed by atoms with Crippen molar-refractivity contribution < 1.29 is 4.74 Å². The molecule has 6 rings (SSSR count). The molecule has 210 valence electrons. The van der Waals surface area contributed by atoms with Crippen LogP contribution in [-0.4, -0.2) is 93.6 Å². The van der Waals surface area contributed by atoms with Crippen molar-refractivity contribution in [1.29, 1.82) is 0 Å². The van der Waals surface area contributed by atoms with Crippen LogP contribution in [0.4, 0.5) is 11.6 Å². The normalized spacial score (nSPS) is 21.1. The van der Waals surface area contributed by atoms with Crippen molar-refractivity contribution in [2.75, 3.05) is 64.0 Å². The molecule has 0 bridgehead atoms. The maximum Gasteiger partial charge on any atom is 0.151 e. The van der Waals surface area contributed by atoms with Crippen molar-refractivity contribution in [1.82, 2.24) is 34.5 Å². The van der Waals surface area contributed by atoms with Gasteiger partial charge in [-0.3, -0.25) is 4.68 Å². The standard InChI is InChI=1S/C29H43N9O/c1-3-25-29(33-22-8-14-39-15-9-22)35-26-24(17-31-28(30)27(26)34-25)21-16-32-38(19-21)23-6-12-37(13-7-23)18-20-4-10-36(2)11-5-20/h16-17,19-20,22-23H,3-15,18H2,1-2H3,(H2,30,31)(H,33,35). The molecule has 0 spiro atoms. The molecule has 39 heavy (non-hydrogen) atoms. The molecule has 3 N–H and O–H groups in total. The number of hydrogen-bond donors (Lipinski definition) is 2. The fraction of sp³-hybridized carbons (Fsp3) is 0.655. The van der Waals surface area contributed by atoms with Gasteiger partial charge >= 0.3 is 0 Å². The van der Waals surface area contributed by atoms with Crippen LogP contribution in [0, 0.1) is 5.92 Å². The third-order valence-electron chi connectivity index (χ3n) is 8.89. The molecule has 10 nitrogen and oxygen atoms in total. The fourth-order valence-electron chi connectivity index (χ4n) is 6.35. The molecule has 3 aliphatic rings. The van der Waals surface area contributed by atoms with Crippen LogP contribution in [0.5, 0.6) is 0 Å². The van der Waals surface area contributed by atoms with Crippen LogP contribution in [-0.2, 0) is 11.2 Å². The van der Waals surface area contributed by atoms with Gasteiger partial charge in [0.2, 0.25) is 0 Å². The summed E-state index contributed by atoms with van der Waals surface area (Å²) in [5.41, 5.74) is 10.6. The fourth-order valence-corrected chi connectivity index (χ4v) is 6.35. The molecule has 3 fully saturated rings.